The maximum atomic E-state index is 3.56. The molecule has 2 rings (SSSR count). The Morgan fingerprint density at radius 3 is 2.94 bits per heavy atom. The van der Waals surface area contributed by atoms with Crippen LogP contribution < -0.4 is 10.2 Å². The van der Waals surface area contributed by atoms with Gasteiger partial charge in [0, 0.05) is 24.8 Å². The molecule has 88 valence electrons. The van der Waals surface area contributed by atoms with Crippen LogP contribution in [0.25, 0.3) is 0 Å². The van der Waals surface area contributed by atoms with Crippen LogP contribution in [0.3, 0.4) is 0 Å². The zero-order chi connectivity index (χ0) is 11.4. The first-order valence-electron chi connectivity index (χ1n) is 6.34. The van der Waals surface area contributed by atoms with Gasteiger partial charge in [0.1, 0.15) is 0 Å². The van der Waals surface area contributed by atoms with Crippen LogP contribution in [0.2, 0.25) is 0 Å². The maximum absolute atomic E-state index is 3.56. The van der Waals surface area contributed by atoms with E-state index in [0.29, 0.717) is 6.04 Å². The van der Waals surface area contributed by atoms with Crippen LogP contribution in [0, 0.1) is 6.92 Å². The van der Waals surface area contributed by atoms with Crippen molar-refractivity contribution in [1.29, 1.82) is 0 Å². The summed E-state index contributed by atoms with van der Waals surface area (Å²) in [6.45, 7) is 7.81. The van der Waals surface area contributed by atoms with Crippen molar-refractivity contribution in [1.82, 2.24) is 5.32 Å². The second-order valence-electron chi connectivity index (χ2n) is 4.67. The molecule has 1 saturated heterocycles. The summed E-state index contributed by atoms with van der Waals surface area (Å²) in [5, 5.41) is 3.56. The zero-order valence-electron chi connectivity index (χ0n) is 10.4. The van der Waals surface area contributed by atoms with E-state index >= 15 is 0 Å². The summed E-state index contributed by atoms with van der Waals surface area (Å²) >= 11 is 0. The largest absolute Gasteiger partial charge is 0.370 e. The topological polar surface area (TPSA) is 15.3 Å². The lowest BCUT2D eigenvalue weighted by Gasteiger charge is -2.26. The van der Waals surface area contributed by atoms with Gasteiger partial charge in [0.15, 0.2) is 0 Å². The zero-order valence-corrected chi connectivity index (χ0v) is 10.4. The lowest BCUT2D eigenvalue weighted by atomic mass is 10.1. The quantitative estimate of drug-likeness (QED) is 0.835. The summed E-state index contributed by atoms with van der Waals surface area (Å²) in [6, 6.07) is 9.48. The first-order valence-corrected chi connectivity index (χ1v) is 6.34. The fraction of sp³-hybridized carbons (Fsp3) is 0.571. The highest BCUT2D eigenvalue weighted by molar-refractivity contribution is 5.48. The predicted octanol–water partition coefficient (Wildman–Crippen LogP) is 2.57. The SMILES string of the molecule is CCN(C[C@@H]1CCCN1)c1cccc(C)c1. The Balaban J connectivity index is 2.03. The molecule has 0 aliphatic carbocycles. The number of nitrogens with zero attached hydrogens (tertiary/aromatic N) is 1. The van der Waals surface area contributed by atoms with Crippen LogP contribution in [0.4, 0.5) is 5.69 Å². The van der Waals surface area contributed by atoms with Crippen LogP contribution in [0.1, 0.15) is 25.3 Å². The molecule has 1 aliphatic rings. The molecule has 1 atom stereocenters. The molecule has 0 aromatic heterocycles. The first kappa shape index (κ1) is 11.5. The Bertz CT molecular complexity index is 329. The molecule has 16 heavy (non-hydrogen) atoms. The third kappa shape index (κ3) is 2.76. The molecule has 1 aliphatic heterocycles. The van der Waals surface area contributed by atoms with Gasteiger partial charge in [0.05, 0.1) is 0 Å². The fourth-order valence-electron chi connectivity index (χ4n) is 2.42. The number of aryl methyl sites for hydroxylation is 1. The second-order valence-corrected chi connectivity index (χ2v) is 4.67. The Morgan fingerprint density at radius 1 is 1.44 bits per heavy atom. The minimum absolute atomic E-state index is 0.681. The van der Waals surface area contributed by atoms with Gasteiger partial charge in [0.25, 0.3) is 0 Å². The monoisotopic (exact) mass is 218 g/mol. The van der Waals surface area contributed by atoms with Gasteiger partial charge in [0.2, 0.25) is 0 Å². The molecule has 2 nitrogen and oxygen atoms in total. The summed E-state index contributed by atoms with van der Waals surface area (Å²) in [5.41, 5.74) is 2.70. The molecule has 0 spiro atoms. The Labute approximate surface area is 98.7 Å². The Morgan fingerprint density at radius 2 is 2.31 bits per heavy atom. The van der Waals surface area contributed by atoms with Gasteiger partial charge in [-0.2, -0.15) is 0 Å². The second kappa shape index (κ2) is 5.35. The van der Waals surface area contributed by atoms with Gasteiger partial charge in [-0.25, -0.2) is 0 Å². The molecule has 1 heterocycles. The number of nitrogens with one attached hydrogen (secondary N) is 1. The van der Waals surface area contributed by atoms with E-state index in [1.54, 1.807) is 0 Å². The van der Waals surface area contributed by atoms with E-state index in [1.807, 2.05) is 0 Å². The number of benzene rings is 1. The number of anilines is 1. The van der Waals surface area contributed by atoms with Crippen LogP contribution in [-0.4, -0.2) is 25.7 Å². The third-order valence-corrected chi connectivity index (χ3v) is 3.35. The molecule has 0 amide bonds. The van der Waals surface area contributed by atoms with E-state index in [9.17, 15) is 0 Å². The van der Waals surface area contributed by atoms with Crippen LogP contribution in [0.5, 0.6) is 0 Å². The van der Waals surface area contributed by atoms with Crippen LogP contribution in [-0.2, 0) is 0 Å². The van der Waals surface area contributed by atoms with E-state index in [2.05, 4.69) is 48.3 Å². The minimum Gasteiger partial charge on any atom is -0.370 e. The van der Waals surface area contributed by atoms with Crippen molar-refractivity contribution in [2.24, 2.45) is 0 Å². The van der Waals surface area contributed by atoms with Crippen molar-refractivity contribution in [2.75, 3.05) is 24.5 Å². The van der Waals surface area contributed by atoms with Crippen LogP contribution in [0.15, 0.2) is 24.3 Å². The standard InChI is InChI=1S/C14H22N2/c1-3-16(11-13-7-5-9-15-13)14-8-4-6-12(2)10-14/h4,6,8,10,13,15H,3,5,7,9,11H2,1-2H3/t13-/m0/s1. The third-order valence-electron chi connectivity index (χ3n) is 3.35. The molecule has 1 fully saturated rings. The van der Waals surface area contributed by atoms with Crippen molar-refractivity contribution in [2.45, 2.75) is 32.7 Å². The summed E-state index contributed by atoms with van der Waals surface area (Å²) in [4.78, 5) is 2.47. The fourth-order valence-corrected chi connectivity index (χ4v) is 2.42. The molecule has 0 bridgehead atoms. The van der Waals surface area contributed by atoms with Crippen LogP contribution >= 0.6 is 0 Å². The highest BCUT2D eigenvalue weighted by Crippen LogP contribution is 2.17. The van der Waals surface area contributed by atoms with Crippen molar-refractivity contribution in [3.8, 4) is 0 Å². The summed E-state index contributed by atoms with van der Waals surface area (Å²) in [5.74, 6) is 0. The molecule has 1 aromatic carbocycles. The van der Waals surface area contributed by atoms with E-state index < -0.39 is 0 Å². The highest BCUT2D eigenvalue weighted by atomic mass is 15.2. The van der Waals surface area contributed by atoms with Crippen molar-refractivity contribution in [3.05, 3.63) is 29.8 Å². The van der Waals surface area contributed by atoms with Gasteiger partial charge in [-0.3, -0.25) is 0 Å². The molecular formula is C14H22N2. The lowest BCUT2D eigenvalue weighted by molar-refractivity contribution is 0.586. The van der Waals surface area contributed by atoms with Gasteiger partial charge < -0.3 is 10.2 Å². The number of hydrogen-bond acceptors (Lipinski definition) is 2. The normalized spacial score (nSPS) is 20.0. The van der Waals surface area contributed by atoms with Crippen molar-refractivity contribution < 1.29 is 0 Å². The summed E-state index contributed by atoms with van der Waals surface area (Å²) < 4.78 is 0. The van der Waals surface area contributed by atoms with Gasteiger partial charge >= 0.3 is 0 Å². The van der Waals surface area contributed by atoms with E-state index in [-0.39, 0.29) is 0 Å². The van der Waals surface area contributed by atoms with Crippen molar-refractivity contribution in [3.63, 3.8) is 0 Å². The number of rotatable bonds is 4. The molecule has 2 heteroatoms. The molecule has 0 saturated carbocycles. The average Bonchev–Trinajstić information content (AvgIpc) is 2.78. The molecule has 1 N–H and O–H groups in total. The lowest BCUT2D eigenvalue weighted by Crippen LogP contribution is -2.37. The molecule has 1 aromatic rings. The first-order chi connectivity index (χ1) is 7.79. The smallest absolute Gasteiger partial charge is 0.0369 e. The number of likely N-dealkylation sites (N-methyl/N-ethyl adjacent to an activating group) is 1. The van der Waals surface area contributed by atoms with E-state index in [4.69, 9.17) is 0 Å². The summed E-state index contributed by atoms with van der Waals surface area (Å²) in [7, 11) is 0. The van der Waals surface area contributed by atoms with Gasteiger partial charge in [-0.15, -0.1) is 0 Å². The Hall–Kier alpha value is -1.02. The average molecular weight is 218 g/mol. The predicted molar refractivity (Wildman–Crippen MR) is 70.1 cm³/mol. The van der Waals surface area contributed by atoms with E-state index in [0.717, 1.165) is 13.1 Å². The maximum Gasteiger partial charge on any atom is 0.0369 e. The Kier molecular flexibility index (Phi) is 3.83. The highest BCUT2D eigenvalue weighted by Gasteiger charge is 2.17. The number of hydrogen-bond donors (Lipinski definition) is 1. The molecule has 0 radical (unpaired) electrons. The summed E-state index contributed by atoms with van der Waals surface area (Å²) in [6.07, 6.45) is 2.65. The molecule has 0 unspecified atom stereocenters. The van der Waals surface area contributed by atoms with Crippen molar-refractivity contribution >= 4 is 5.69 Å². The minimum atomic E-state index is 0.681. The van der Waals surface area contributed by atoms with E-state index in [1.165, 1.54) is 30.6 Å². The van der Waals surface area contributed by atoms with Gasteiger partial charge in [-0.1, -0.05) is 12.1 Å². The molecular weight excluding hydrogens is 196 g/mol. The van der Waals surface area contributed by atoms with Gasteiger partial charge in [-0.05, 0) is 50.9 Å².